The number of carbonyl (C=O) groups is 1. The van der Waals surface area contributed by atoms with Crippen molar-refractivity contribution in [3.05, 3.63) is 80.9 Å². The van der Waals surface area contributed by atoms with Crippen molar-refractivity contribution in [3.63, 3.8) is 0 Å². The van der Waals surface area contributed by atoms with Crippen LogP contribution in [0.25, 0.3) is 11.1 Å². The third kappa shape index (κ3) is 4.37. The molecule has 3 heteroatoms. The van der Waals surface area contributed by atoms with E-state index in [0.29, 0.717) is 0 Å². The number of fused-ring (bicyclic) bond motifs is 2. The second-order valence-corrected chi connectivity index (χ2v) is 10.8. The van der Waals surface area contributed by atoms with E-state index in [-0.39, 0.29) is 5.91 Å². The number of nitrogens with zero attached hydrogens (tertiary/aromatic N) is 1. The van der Waals surface area contributed by atoms with Crippen molar-refractivity contribution in [3.8, 4) is 11.1 Å². The molecule has 0 spiro atoms. The molecule has 0 saturated carbocycles. The molecule has 1 N–H and O–H groups in total. The van der Waals surface area contributed by atoms with E-state index >= 15 is 0 Å². The first-order valence-corrected chi connectivity index (χ1v) is 13.2. The number of anilines is 2. The Balaban J connectivity index is 1.72. The summed E-state index contributed by atoms with van der Waals surface area (Å²) in [5.74, 6) is -0.00629. The Morgan fingerprint density at radius 3 is 1.89 bits per heavy atom. The van der Waals surface area contributed by atoms with Crippen molar-refractivity contribution >= 4 is 17.3 Å². The molecule has 3 aromatic carbocycles. The van der Waals surface area contributed by atoms with Gasteiger partial charge in [-0.25, -0.2) is 0 Å². The Kier molecular flexibility index (Phi) is 6.44. The van der Waals surface area contributed by atoms with E-state index in [1.54, 1.807) is 0 Å². The van der Waals surface area contributed by atoms with Gasteiger partial charge in [-0.3, -0.25) is 4.79 Å². The van der Waals surface area contributed by atoms with Gasteiger partial charge < -0.3 is 10.2 Å². The van der Waals surface area contributed by atoms with E-state index in [1.165, 1.54) is 70.3 Å². The van der Waals surface area contributed by atoms with Gasteiger partial charge >= 0.3 is 0 Å². The van der Waals surface area contributed by atoms with Crippen LogP contribution in [-0.2, 0) is 25.7 Å². The van der Waals surface area contributed by atoms with Gasteiger partial charge in [-0.2, -0.15) is 0 Å². The quantitative estimate of drug-likeness (QED) is 0.436. The molecule has 0 fully saturated rings. The maximum absolute atomic E-state index is 13.7. The normalized spacial score (nSPS) is 14.8. The van der Waals surface area contributed by atoms with Crippen LogP contribution in [0.2, 0.25) is 0 Å². The summed E-state index contributed by atoms with van der Waals surface area (Å²) in [6.07, 6.45) is 9.40. The molecular weight excluding hydrogens is 428 g/mol. The van der Waals surface area contributed by atoms with E-state index in [1.807, 2.05) is 13.8 Å². The summed E-state index contributed by atoms with van der Waals surface area (Å²) in [6, 6.07) is 13.3. The molecule has 0 saturated heterocycles. The number of rotatable bonds is 4. The van der Waals surface area contributed by atoms with Gasteiger partial charge in [0.25, 0.3) is 5.91 Å². The summed E-state index contributed by atoms with van der Waals surface area (Å²) in [5.41, 5.74) is 14.7. The minimum atomic E-state index is -0.00629. The number of hydrogen-bond donors (Lipinski definition) is 1. The number of amides is 1. The molecule has 5 rings (SSSR count). The first-order chi connectivity index (χ1) is 16.8. The highest BCUT2D eigenvalue weighted by atomic mass is 16.1. The molecule has 3 nitrogen and oxygen atoms in total. The molecule has 0 unspecified atom stereocenters. The molecule has 0 heterocycles. The Morgan fingerprint density at radius 1 is 0.743 bits per heavy atom. The highest BCUT2D eigenvalue weighted by Gasteiger charge is 2.26. The largest absolute Gasteiger partial charge is 0.377 e. The summed E-state index contributed by atoms with van der Waals surface area (Å²) in [5, 5.41) is 3.39. The topological polar surface area (TPSA) is 32.3 Å². The van der Waals surface area contributed by atoms with Crippen molar-refractivity contribution in [2.24, 2.45) is 0 Å². The molecule has 0 aliphatic heterocycles. The molecule has 0 radical (unpaired) electrons. The number of aryl methyl sites for hydroxylation is 5. The summed E-state index contributed by atoms with van der Waals surface area (Å²) in [4.78, 5) is 15.9. The zero-order chi connectivity index (χ0) is 24.7. The fourth-order valence-electron chi connectivity index (χ4n) is 6.41. The predicted octanol–water partition coefficient (Wildman–Crippen LogP) is 7.35. The molecule has 1 amide bonds. The van der Waals surface area contributed by atoms with Crippen molar-refractivity contribution in [2.45, 2.75) is 72.1 Å². The van der Waals surface area contributed by atoms with Crippen LogP contribution in [0.15, 0.2) is 36.4 Å². The lowest BCUT2D eigenvalue weighted by molar-refractivity contribution is 0.102. The number of benzene rings is 3. The predicted molar refractivity (Wildman–Crippen MR) is 148 cm³/mol. The molecule has 2 aliphatic rings. The Morgan fingerprint density at radius 2 is 1.29 bits per heavy atom. The number of carbonyl (C=O) groups excluding carboxylic acids is 1. The molecule has 3 aromatic rings. The van der Waals surface area contributed by atoms with Crippen molar-refractivity contribution in [1.82, 2.24) is 0 Å². The minimum Gasteiger partial charge on any atom is -0.377 e. The van der Waals surface area contributed by atoms with Crippen LogP contribution < -0.4 is 10.2 Å². The SMILES string of the molecule is Cc1cc(C)c(C(=O)Nc2ccc3c(c2-c2c(N(C)C)ccc4c2CCCC4)CCCC3)c(C)c1. The van der Waals surface area contributed by atoms with Gasteiger partial charge in [-0.15, -0.1) is 0 Å². The second-order valence-electron chi connectivity index (χ2n) is 10.8. The average molecular weight is 467 g/mol. The minimum absolute atomic E-state index is 0.00629. The first kappa shape index (κ1) is 23.7. The first-order valence-electron chi connectivity index (χ1n) is 13.2. The number of hydrogen-bond acceptors (Lipinski definition) is 2. The zero-order valence-electron chi connectivity index (χ0n) is 22.0. The summed E-state index contributed by atoms with van der Waals surface area (Å²) < 4.78 is 0. The van der Waals surface area contributed by atoms with Crippen molar-refractivity contribution < 1.29 is 4.79 Å². The maximum Gasteiger partial charge on any atom is 0.256 e. The summed E-state index contributed by atoms with van der Waals surface area (Å²) >= 11 is 0. The fraction of sp³-hybridized carbons (Fsp3) is 0.406. The zero-order valence-corrected chi connectivity index (χ0v) is 22.0. The summed E-state index contributed by atoms with van der Waals surface area (Å²) in [6.45, 7) is 6.17. The van der Waals surface area contributed by atoms with Crippen LogP contribution in [0.4, 0.5) is 11.4 Å². The van der Waals surface area contributed by atoms with E-state index in [9.17, 15) is 4.79 Å². The highest BCUT2D eigenvalue weighted by Crippen LogP contribution is 2.46. The van der Waals surface area contributed by atoms with Gasteiger partial charge in [-0.05, 0) is 118 Å². The molecule has 0 bridgehead atoms. The van der Waals surface area contributed by atoms with Gasteiger partial charge in [0.1, 0.15) is 0 Å². The molecule has 2 aliphatic carbocycles. The van der Waals surface area contributed by atoms with Crippen LogP contribution in [0, 0.1) is 20.8 Å². The van der Waals surface area contributed by atoms with Gasteiger partial charge in [-0.1, -0.05) is 29.8 Å². The Bertz CT molecular complexity index is 1280. The summed E-state index contributed by atoms with van der Waals surface area (Å²) in [7, 11) is 4.28. The third-order valence-corrected chi connectivity index (χ3v) is 7.93. The van der Waals surface area contributed by atoms with Crippen LogP contribution in [-0.4, -0.2) is 20.0 Å². The third-order valence-electron chi connectivity index (χ3n) is 7.93. The Labute approximate surface area is 210 Å². The van der Waals surface area contributed by atoms with Crippen molar-refractivity contribution in [2.75, 3.05) is 24.3 Å². The molecule has 0 aromatic heterocycles. The smallest absolute Gasteiger partial charge is 0.256 e. The Hall–Kier alpha value is -3.07. The van der Waals surface area contributed by atoms with E-state index in [4.69, 9.17) is 0 Å². The lowest BCUT2D eigenvalue weighted by Crippen LogP contribution is -2.19. The number of nitrogens with one attached hydrogen (secondary N) is 1. The van der Waals surface area contributed by atoms with Crippen LogP contribution >= 0.6 is 0 Å². The van der Waals surface area contributed by atoms with Crippen LogP contribution in [0.5, 0.6) is 0 Å². The average Bonchev–Trinajstić information content (AvgIpc) is 2.82. The van der Waals surface area contributed by atoms with Crippen molar-refractivity contribution in [1.29, 1.82) is 0 Å². The lowest BCUT2D eigenvalue weighted by atomic mass is 9.79. The molecule has 35 heavy (non-hydrogen) atoms. The maximum atomic E-state index is 13.7. The second kappa shape index (κ2) is 9.53. The van der Waals surface area contributed by atoms with Gasteiger partial charge in [0.2, 0.25) is 0 Å². The standard InChI is InChI=1S/C32H38N2O/c1-20-18-21(2)29(22(3)19-20)32(35)33-27-16-14-23-10-6-8-12-25(23)30(27)31-26-13-9-7-11-24(26)15-17-28(31)34(4)5/h14-19H,6-13H2,1-5H3,(H,33,35). The monoisotopic (exact) mass is 466 g/mol. The van der Waals surface area contributed by atoms with E-state index in [2.05, 4.69) is 67.6 Å². The van der Waals surface area contributed by atoms with E-state index in [0.717, 1.165) is 48.1 Å². The van der Waals surface area contributed by atoms with Gasteiger partial charge in [0.05, 0.1) is 0 Å². The highest BCUT2D eigenvalue weighted by molar-refractivity contribution is 6.09. The van der Waals surface area contributed by atoms with Crippen LogP contribution in [0.3, 0.4) is 0 Å². The molecular formula is C32H38N2O. The molecule has 0 atom stereocenters. The fourth-order valence-corrected chi connectivity index (χ4v) is 6.41. The lowest BCUT2D eigenvalue weighted by Gasteiger charge is -2.30. The van der Waals surface area contributed by atoms with Gasteiger partial charge in [0.15, 0.2) is 0 Å². The molecule has 182 valence electrons. The van der Waals surface area contributed by atoms with Gasteiger partial charge in [0, 0.05) is 42.2 Å². The van der Waals surface area contributed by atoms with Crippen LogP contribution in [0.1, 0.15) is 75.0 Å². The van der Waals surface area contributed by atoms with E-state index < -0.39 is 0 Å².